The predicted octanol–water partition coefficient (Wildman–Crippen LogP) is 5.05. The van der Waals surface area contributed by atoms with E-state index in [1.165, 1.54) is 6.42 Å². The molecule has 1 aliphatic carbocycles. The van der Waals surface area contributed by atoms with E-state index >= 15 is 0 Å². The Labute approximate surface area is 165 Å². The van der Waals surface area contributed by atoms with Gasteiger partial charge in [0.25, 0.3) is 5.91 Å². The highest BCUT2D eigenvalue weighted by Gasteiger charge is 2.45. The van der Waals surface area contributed by atoms with Crippen LogP contribution in [0.4, 0.5) is 0 Å². The standard InChI is InChI=1S/C22H24ClNO3/c23-20-7-3-2-6-18(20)16-26-19-10-8-17(9-11-19)21(25)24-14-15-27-22(24)12-4-1-5-13-22/h2-3,6-11H,1,4-5,12-16H2. The lowest BCUT2D eigenvalue weighted by Crippen LogP contribution is -2.49. The van der Waals surface area contributed by atoms with Gasteiger partial charge in [0.2, 0.25) is 0 Å². The van der Waals surface area contributed by atoms with Crippen LogP contribution in [0.3, 0.4) is 0 Å². The average molecular weight is 386 g/mol. The lowest BCUT2D eigenvalue weighted by molar-refractivity contribution is -0.0919. The molecule has 0 unspecified atom stereocenters. The summed E-state index contributed by atoms with van der Waals surface area (Å²) >= 11 is 6.16. The van der Waals surface area contributed by atoms with E-state index in [1.54, 1.807) is 0 Å². The van der Waals surface area contributed by atoms with Crippen molar-refractivity contribution in [1.29, 1.82) is 0 Å². The number of hydrogen-bond donors (Lipinski definition) is 0. The van der Waals surface area contributed by atoms with Crippen molar-refractivity contribution in [3.05, 3.63) is 64.7 Å². The Morgan fingerprint density at radius 3 is 2.56 bits per heavy atom. The van der Waals surface area contributed by atoms with Gasteiger partial charge in [-0.05, 0) is 56.0 Å². The minimum Gasteiger partial charge on any atom is -0.489 e. The normalized spacial score (nSPS) is 18.6. The van der Waals surface area contributed by atoms with Crippen molar-refractivity contribution in [1.82, 2.24) is 4.90 Å². The van der Waals surface area contributed by atoms with Gasteiger partial charge in [0.15, 0.2) is 0 Å². The number of hydrogen-bond acceptors (Lipinski definition) is 3. The zero-order valence-corrected chi connectivity index (χ0v) is 16.1. The van der Waals surface area contributed by atoms with Crippen LogP contribution < -0.4 is 4.74 Å². The minimum absolute atomic E-state index is 0.0482. The zero-order chi connectivity index (χ0) is 18.7. The summed E-state index contributed by atoms with van der Waals surface area (Å²) in [5, 5.41) is 0.691. The molecule has 2 aromatic rings. The molecule has 142 valence electrons. The SMILES string of the molecule is O=C(c1ccc(OCc2ccccc2Cl)cc1)N1CCOC12CCCCC2. The van der Waals surface area contributed by atoms with E-state index in [0.29, 0.717) is 30.3 Å². The number of ether oxygens (including phenoxy) is 2. The summed E-state index contributed by atoms with van der Waals surface area (Å²) in [5.41, 5.74) is 1.23. The number of halogens is 1. The molecule has 2 aromatic carbocycles. The number of rotatable bonds is 4. The van der Waals surface area contributed by atoms with Crippen LogP contribution in [0.2, 0.25) is 5.02 Å². The highest BCUT2D eigenvalue weighted by molar-refractivity contribution is 6.31. The molecule has 0 N–H and O–H groups in total. The highest BCUT2D eigenvalue weighted by Crippen LogP contribution is 2.38. The fourth-order valence-corrected chi connectivity index (χ4v) is 4.23. The number of nitrogens with zero attached hydrogens (tertiary/aromatic N) is 1. The van der Waals surface area contributed by atoms with Crippen molar-refractivity contribution >= 4 is 17.5 Å². The third-order valence-corrected chi connectivity index (χ3v) is 5.88. The van der Waals surface area contributed by atoms with E-state index in [0.717, 1.165) is 37.0 Å². The van der Waals surface area contributed by atoms with Gasteiger partial charge in [-0.2, -0.15) is 0 Å². The van der Waals surface area contributed by atoms with Crippen molar-refractivity contribution in [3.8, 4) is 5.75 Å². The largest absolute Gasteiger partial charge is 0.489 e. The van der Waals surface area contributed by atoms with E-state index in [2.05, 4.69) is 0 Å². The molecule has 1 amide bonds. The van der Waals surface area contributed by atoms with Gasteiger partial charge in [-0.25, -0.2) is 0 Å². The molecule has 5 heteroatoms. The van der Waals surface area contributed by atoms with Crippen molar-refractivity contribution in [2.24, 2.45) is 0 Å². The Hall–Kier alpha value is -2.04. The van der Waals surface area contributed by atoms with Gasteiger partial charge in [0, 0.05) is 22.7 Å². The first-order valence-corrected chi connectivity index (χ1v) is 9.98. The van der Waals surface area contributed by atoms with Gasteiger partial charge in [-0.15, -0.1) is 0 Å². The van der Waals surface area contributed by atoms with Crippen LogP contribution in [0.1, 0.15) is 48.0 Å². The maximum Gasteiger partial charge on any atom is 0.256 e. The molecule has 1 saturated carbocycles. The maximum atomic E-state index is 13.0. The third-order valence-electron chi connectivity index (χ3n) is 5.51. The molecule has 1 aliphatic heterocycles. The Kier molecular flexibility index (Phi) is 5.37. The first kappa shape index (κ1) is 18.3. The molecular formula is C22H24ClNO3. The lowest BCUT2D eigenvalue weighted by atomic mass is 9.90. The Balaban J connectivity index is 1.42. The van der Waals surface area contributed by atoms with Crippen LogP contribution in [-0.4, -0.2) is 29.7 Å². The highest BCUT2D eigenvalue weighted by atomic mass is 35.5. The summed E-state index contributed by atoms with van der Waals surface area (Å²) in [6, 6.07) is 15.0. The van der Waals surface area contributed by atoms with Gasteiger partial charge in [0.1, 0.15) is 18.1 Å². The van der Waals surface area contributed by atoms with Crippen LogP contribution in [0.25, 0.3) is 0 Å². The molecule has 1 heterocycles. The van der Waals surface area contributed by atoms with Crippen LogP contribution in [-0.2, 0) is 11.3 Å². The van der Waals surface area contributed by atoms with Crippen LogP contribution in [0.15, 0.2) is 48.5 Å². The van der Waals surface area contributed by atoms with Crippen molar-refractivity contribution < 1.29 is 14.3 Å². The molecular weight excluding hydrogens is 362 g/mol. The Bertz CT molecular complexity index is 799. The van der Waals surface area contributed by atoms with E-state index in [9.17, 15) is 4.79 Å². The molecule has 4 nitrogen and oxygen atoms in total. The van der Waals surface area contributed by atoms with Gasteiger partial charge >= 0.3 is 0 Å². The second-order valence-corrected chi connectivity index (χ2v) is 7.62. The van der Waals surface area contributed by atoms with Gasteiger partial charge in [-0.1, -0.05) is 36.2 Å². The van der Waals surface area contributed by atoms with Gasteiger partial charge in [-0.3, -0.25) is 4.79 Å². The van der Waals surface area contributed by atoms with Crippen molar-refractivity contribution in [2.45, 2.75) is 44.4 Å². The maximum absolute atomic E-state index is 13.0. The van der Waals surface area contributed by atoms with Crippen LogP contribution in [0.5, 0.6) is 5.75 Å². The topological polar surface area (TPSA) is 38.8 Å². The minimum atomic E-state index is -0.380. The van der Waals surface area contributed by atoms with Crippen molar-refractivity contribution in [3.63, 3.8) is 0 Å². The van der Waals surface area contributed by atoms with Crippen LogP contribution in [0, 0.1) is 0 Å². The first-order valence-electron chi connectivity index (χ1n) is 9.60. The summed E-state index contributed by atoms with van der Waals surface area (Å²) in [4.78, 5) is 15.0. The quantitative estimate of drug-likeness (QED) is 0.739. The smallest absolute Gasteiger partial charge is 0.256 e. The van der Waals surface area contributed by atoms with E-state index < -0.39 is 0 Å². The Morgan fingerprint density at radius 1 is 1.07 bits per heavy atom. The molecule has 2 fully saturated rings. The van der Waals surface area contributed by atoms with Crippen molar-refractivity contribution in [2.75, 3.05) is 13.2 Å². The van der Waals surface area contributed by atoms with Crippen LogP contribution >= 0.6 is 11.6 Å². The summed E-state index contributed by atoms with van der Waals surface area (Å²) < 4.78 is 11.8. The predicted molar refractivity (Wildman–Crippen MR) is 105 cm³/mol. The zero-order valence-electron chi connectivity index (χ0n) is 15.3. The van der Waals surface area contributed by atoms with E-state index in [4.69, 9.17) is 21.1 Å². The van der Waals surface area contributed by atoms with Gasteiger partial charge < -0.3 is 14.4 Å². The number of amides is 1. The lowest BCUT2D eigenvalue weighted by Gasteiger charge is -2.40. The molecule has 27 heavy (non-hydrogen) atoms. The fourth-order valence-electron chi connectivity index (χ4n) is 4.04. The molecule has 4 rings (SSSR count). The van der Waals surface area contributed by atoms with E-state index in [-0.39, 0.29) is 11.6 Å². The fraction of sp³-hybridized carbons (Fsp3) is 0.409. The molecule has 0 aromatic heterocycles. The number of carbonyl (C=O) groups is 1. The second kappa shape index (κ2) is 7.91. The molecule has 2 aliphatic rings. The number of carbonyl (C=O) groups excluding carboxylic acids is 1. The third kappa shape index (κ3) is 3.83. The molecule has 1 spiro atoms. The monoisotopic (exact) mass is 385 g/mol. The summed E-state index contributed by atoms with van der Waals surface area (Å²) in [6.45, 7) is 1.70. The summed E-state index contributed by atoms with van der Waals surface area (Å²) in [7, 11) is 0. The van der Waals surface area contributed by atoms with Gasteiger partial charge in [0.05, 0.1) is 6.61 Å². The number of benzene rings is 2. The van der Waals surface area contributed by atoms with E-state index in [1.807, 2.05) is 53.4 Å². The Morgan fingerprint density at radius 2 is 1.81 bits per heavy atom. The second-order valence-electron chi connectivity index (χ2n) is 7.22. The first-order chi connectivity index (χ1) is 13.2. The molecule has 0 bridgehead atoms. The molecule has 0 radical (unpaired) electrons. The summed E-state index contributed by atoms with van der Waals surface area (Å²) in [6.07, 6.45) is 5.36. The summed E-state index contributed by atoms with van der Waals surface area (Å²) in [5.74, 6) is 0.767. The molecule has 0 atom stereocenters. The molecule has 1 saturated heterocycles. The average Bonchev–Trinajstić information content (AvgIpc) is 3.10.